The Labute approximate surface area is 63.4 Å². The molecule has 0 amide bonds. The summed E-state index contributed by atoms with van der Waals surface area (Å²) in [7, 11) is 2.10. The third-order valence-electron chi connectivity index (χ3n) is 2.67. The molecule has 2 rings (SSSR count). The van der Waals surface area contributed by atoms with E-state index in [0.29, 0.717) is 6.10 Å². The number of fused-ring (bicyclic) bond motifs is 3. The van der Waals surface area contributed by atoms with Crippen LogP contribution >= 0.6 is 0 Å². The maximum atomic E-state index is 5.60. The molecule has 55 valence electrons. The third kappa shape index (κ3) is 1.37. The molecule has 2 bridgehead atoms. The van der Waals surface area contributed by atoms with Crippen molar-refractivity contribution in [1.29, 1.82) is 0 Å². The van der Waals surface area contributed by atoms with Crippen LogP contribution in [0.15, 0.2) is 0 Å². The van der Waals surface area contributed by atoms with Crippen LogP contribution in [0.2, 0.25) is 5.82 Å². The lowest BCUT2D eigenvalue weighted by molar-refractivity contribution is 0.196. The van der Waals surface area contributed by atoms with Gasteiger partial charge in [-0.15, -0.1) is 0 Å². The molecule has 2 saturated heterocycles. The summed E-state index contributed by atoms with van der Waals surface area (Å²) < 4.78 is 5.60. The second-order valence-electron chi connectivity index (χ2n) is 3.52. The van der Waals surface area contributed by atoms with Gasteiger partial charge in [-0.3, -0.25) is 0 Å². The zero-order chi connectivity index (χ0) is 6.81. The smallest absolute Gasteiger partial charge is 0.296 e. The van der Waals surface area contributed by atoms with Gasteiger partial charge in [0.2, 0.25) is 0 Å². The number of hydrogen-bond acceptors (Lipinski definition) is 1. The average molecular weight is 137 g/mol. The highest BCUT2D eigenvalue weighted by Crippen LogP contribution is 2.31. The van der Waals surface area contributed by atoms with Crippen molar-refractivity contribution in [2.24, 2.45) is 0 Å². The molecular formula is C8H14BO. The van der Waals surface area contributed by atoms with E-state index in [0.717, 1.165) is 5.82 Å². The summed E-state index contributed by atoms with van der Waals surface area (Å²) in [5.41, 5.74) is 0. The largest absolute Gasteiger partial charge is 0.438 e. The van der Waals surface area contributed by atoms with Gasteiger partial charge in [0, 0.05) is 6.10 Å². The first-order chi connectivity index (χ1) is 4.95. The highest BCUT2D eigenvalue weighted by molar-refractivity contribution is 6.29. The molecule has 2 aliphatic heterocycles. The van der Waals surface area contributed by atoms with Gasteiger partial charge in [-0.05, 0) is 18.7 Å². The first-order valence-corrected chi connectivity index (χ1v) is 4.44. The van der Waals surface area contributed by atoms with Crippen molar-refractivity contribution in [3.63, 3.8) is 0 Å². The summed E-state index contributed by atoms with van der Waals surface area (Å²) in [6.45, 7) is 0. The van der Waals surface area contributed by atoms with Gasteiger partial charge in [0.05, 0.1) is 0 Å². The van der Waals surface area contributed by atoms with Crippen molar-refractivity contribution in [1.82, 2.24) is 0 Å². The summed E-state index contributed by atoms with van der Waals surface area (Å²) in [6.07, 6.45) is 8.68. The Balaban J connectivity index is 2.01. The first-order valence-electron chi connectivity index (χ1n) is 4.44. The lowest BCUT2D eigenvalue weighted by atomic mass is 9.74. The predicted molar refractivity (Wildman–Crippen MR) is 42.1 cm³/mol. The quantitative estimate of drug-likeness (QED) is 0.464. The molecule has 0 N–H and O–H groups in total. The normalized spacial score (nSPS) is 40.0. The zero-order valence-corrected chi connectivity index (χ0v) is 6.38. The molecule has 0 unspecified atom stereocenters. The first kappa shape index (κ1) is 6.72. The maximum absolute atomic E-state index is 5.60. The highest BCUT2D eigenvalue weighted by Gasteiger charge is 2.24. The Morgan fingerprint density at radius 1 is 1.00 bits per heavy atom. The molecule has 0 atom stereocenters. The van der Waals surface area contributed by atoms with Crippen molar-refractivity contribution in [2.75, 3.05) is 0 Å². The van der Waals surface area contributed by atoms with Gasteiger partial charge in [-0.1, -0.05) is 25.7 Å². The van der Waals surface area contributed by atoms with E-state index < -0.39 is 0 Å². The fourth-order valence-corrected chi connectivity index (χ4v) is 2.00. The van der Waals surface area contributed by atoms with Crippen molar-refractivity contribution in [3.05, 3.63) is 0 Å². The van der Waals surface area contributed by atoms with Gasteiger partial charge in [-0.2, -0.15) is 0 Å². The molecule has 2 heteroatoms. The Kier molecular flexibility index (Phi) is 1.98. The number of rotatable bonds is 0. The minimum atomic E-state index is 0.576. The SMILES string of the molecule is [B]1OC2CCCC1CCC2. The van der Waals surface area contributed by atoms with E-state index in [-0.39, 0.29) is 0 Å². The van der Waals surface area contributed by atoms with Crippen LogP contribution in [0.3, 0.4) is 0 Å². The third-order valence-corrected chi connectivity index (χ3v) is 2.67. The van der Waals surface area contributed by atoms with E-state index in [4.69, 9.17) is 4.65 Å². The van der Waals surface area contributed by atoms with Crippen LogP contribution in [0.25, 0.3) is 0 Å². The molecular weight excluding hydrogens is 123 g/mol. The second kappa shape index (κ2) is 2.95. The molecule has 2 heterocycles. The summed E-state index contributed by atoms with van der Waals surface area (Å²) >= 11 is 0. The fraction of sp³-hybridized carbons (Fsp3) is 1.00. The Bertz CT molecular complexity index is 93.8. The van der Waals surface area contributed by atoms with Gasteiger partial charge >= 0.3 is 0 Å². The summed E-state index contributed by atoms with van der Waals surface area (Å²) in [5, 5.41) is 0. The van der Waals surface area contributed by atoms with Crippen LogP contribution in [0.5, 0.6) is 0 Å². The van der Waals surface area contributed by atoms with Crippen LogP contribution in [0.4, 0.5) is 0 Å². The predicted octanol–water partition coefficient (Wildman–Crippen LogP) is 2.15. The molecule has 2 aliphatic rings. The average Bonchev–Trinajstić information content (AvgIpc) is 2.17. The lowest BCUT2D eigenvalue weighted by Crippen LogP contribution is -2.10. The number of hydrogen-bond donors (Lipinski definition) is 0. The van der Waals surface area contributed by atoms with Crippen molar-refractivity contribution >= 4 is 7.48 Å². The molecule has 0 aliphatic carbocycles. The van der Waals surface area contributed by atoms with E-state index >= 15 is 0 Å². The maximum Gasteiger partial charge on any atom is 0.296 e. The Morgan fingerprint density at radius 2 is 1.70 bits per heavy atom. The van der Waals surface area contributed by atoms with E-state index in [2.05, 4.69) is 7.48 Å². The molecule has 0 aromatic rings. The second-order valence-corrected chi connectivity index (χ2v) is 3.52. The minimum Gasteiger partial charge on any atom is -0.438 e. The minimum absolute atomic E-state index is 0.576. The lowest BCUT2D eigenvalue weighted by Gasteiger charge is -2.13. The molecule has 10 heavy (non-hydrogen) atoms. The standard InChI is InChI=1S/C8H14BO/c1-3-7-4-2-6-8(5-1)10-9-7/h7-8H,1-6H2. The monoisotopic (exact) mass is 137 g/mol. The Hall–Kier alpha value is 0.0249. The topological polar surface area (TPSA) is 9.23 Å². The van der Waals surface area contributed by atoms with E-state index in [1.54, 1.807) is 0 Å². The van der Waals surface area contributed by atoms with Gasteiger partial charge in [0.15, 0.2) is 0 Å². The van der Waals surface area contributed by atoms with Gasteiger partial charge in [0.25, 0.3) is 7.48 Å². The molecule has 0 aromatic carbocycles. The molecule has 0 spiro atoms. The molecule has 2 fully saturated rings. The fourth-order valence-electron chi connectivity index (χ4n) is 2.00. The van der Waals surface area contributed by atoms with Crippen LogP contribution < -0.4 is 0 Å². The summed E-state index contributed by atoms with van der Waals surface area (Å²) in [5.74, 6) is 0.785. The van der Waals surface area contributed by atoms with Crippen LogP contribution in [0.1, 0.15) is 38.5 Å². The van der Waals surface area contributed by atoms with E-state index in [1.807, 2.05) is 0 Å². The highest BCUT2D eigenvalue weighted by atomic mass is 16.4. The zero-order valence-electron chi connectivity index (χ0n) is 6.38. The van der Waals surface area contributed by atoms with Crippen molar-refractivity contribution < 1.29 is 4.65 Å². The van der Waals surface area contributed by atoms with Gasteiger partial charge in [0.1, 0.15) is 0 Å². The van der Waals surface area contributed by atoms with Crippen LogP contribution in [-0.2, 0) is 4.65 Å². The molecule has 0 aromatic heterocycles. The van der Waals surface area contributed by atoms with Gasteiger partial charge in [-0.25, -0.2) is 0 Å². The van der Waals surface area contributed by atoms with Crippen LogP contribution in [0, 0.1) is 0 Å². The summed E-state index contributed by atoms with van der Waals surface area (Å²) in [4.78, 5) is 0. The molecule has 1 nitrogen and oxygen atoms in total. The Morgan fingerprint density at radius 3 is 2.40 bits per heavy atom. The van der Waals surface area contributed by atoms with E-state index in [9.17, 15) is 0 Å². The van der Waals surface area contributed by atoms with Gasteiger partial charge < -0.3 is 4.65 Å². The van der Waals surface area contributed by atoms with Crippen LogP contribution in [-0.4, -0.2) is 13.6 Å². The molecule has 0 saturated carbocycles. The summed E-state index contributed by atoms with van der Waals surface area (Å²) in [6, 6.07) is 0. The molecule has 1 radical (unpaired) electrons. The van der Waals surface area contributed by atoms with Crippen molar-refractivity contribution in [3.8, 4) is 0 Å². The van der Waals surface area contributed by atoms with E-state index in [1.165, 1.54) is 38.5 Å². The van der Waals surface area contributed by atoms with Crippen molar-refractivity contribution in [2.45, 2.75) is 50.4 Å².